The zero-order valence-electron chi connectivity index (χ0n) is 16.1. The maximum Gasteiger partial charge on any atom is 0.329 e. The molecule has 1 aromatic heterocycles. The highest BCUT2D eigenvalue weighted by Gasteiger charge is 2.55. The molecule has 1 aliphatic carbocycles. The number of rotatable bonds is 2. The summed E-state index contributed by atoms with van der Waals surface area (Å²) in [5, 5.41) is 3.79. The van der Waals surface area contributed by atoms with E-state index in [0.29, 0.717) is 12.1 Å². The Morgan fingerprint density at radius 2 is 1.96 bits per heavy atom. The number of amides is 1. The molecule has 2 saturated heterocycles. The lowest BCUT2D eigenvalue weighted by Gasteiger charge is -2.46. The van der Waals surface area contributed by atoms with Crippen molar-refractivity contribution in [1.29, 1.82) is 0 Å². The lowest BCUT2D eigenvalue weighted by atomic mass is 9.71. The lowest BCUT2D eigenvalue weighted by Crippen LogP contribution is -2.56. The maximum atomic E-state index is 13.4. The third kappa shape index (κ3) is 2.42. The number of piperidine rings is 1. The number of fused-ring (bicyclic) bond motifs is 2. The van der Waals surface area contributed by atoms with Gasteiger partial charge in [-0.05, 0) is 31.4 Å². The molecule has 1 saturated carbocycles. The van der Waals surface area contributed by atoms with Crippen LogP contribution >= 0.6 is 0 Å². The van der Waals surface area contributed by atoms with Gasteiger partial charge < -0.3 is 10.2 Å². The van der Waals surface area contributed by atoms with Crippen LogP contribution in [0.3, 0.4) is 0 Å². The number of imidazole rings is 1. The highest BCUT2D eigenvalue weighted by atomic mass is 16.2. The Hall–Kier alpha value is -2.08. The van der Waals surface area contributed by atoms with Crippen molar-refractivity contribution in [2.75, 3.05) is 6.54 Å². The molecular weight excluding hydrogens is 340 g/mol. The summed E-state index contributed by atoms with van der Waals surface area (Å²) in [5.41, 5.74) is 1.75. The van der Waals surface area contributed by atoms with Gasteiger partial charge in [-0.25, -0.2) is 4.79 Å². The van der Waals surface area contributed by atoms with E-state index in [1.165, 1.54) is 25.7 Å². The summed E-state index contributed by atoms with van der Waals surface area (Å²) in [5.74, 6) is 0.0822. The minimum atomic E-state index is -0.118. The summed E-state index contributed by atoms with van der Waals surface area (Å²) >= 11 is 0. The molecule has 2 aromatic rings. The summed E-state index contributed by atoms with van der Waals surface area (Å²) in [6, 6.07) is 8.90. The molecule has 1 aromatic carbocycles. The first-order chi connectivity index (χ1) is 13.0. The number of benzene rings is 1. The second kappa shape index (κ2) is 5.96. The zero-order valence-corrected chi connectivity index (χ0v) is 16.1. The number of para-hydroxylation sites is 2. The van der Waals surface area contributed by atoms with E-state index in [9.17, 15) is 9.59 Å². The SMILES string of the molecule is Cn1c(=O)n(CC(=O)N2C[C@@H]3C[C@@]4(C)[C@H](CCCC[C@@H]24)N3)c2ccccc21. The number of aryl methyl sites for hydroxylation is 1. The third-order valence-corrected chi connectivity index (χ3v) is 7.36. The van der Waals surface area contributed by atoms with Crippen molar-refractivity contribution in [3.8, 4) is 0 Å². The Morgan fingerprint density at radius 3 is 2.78 bits per heavy atom. The maximum absolute atomic E-state index is 13.4. The highest BCUT2D eigenvalue weighted by molar-refractivity contribution is 5.81. The van der Waals surface area contributed by atoms with Crippen molar-refractivity contribution in [3.05, 3.63) is 34.7 Å². The van der Waals surface area contributed by atoms with Gasteiger partial charge in [-0.15, -0.1) is 0 Å². The molecule has 1 N–H and O–H groups in total. The fraction of sp³-hybridized carbons (Fsp3) is 0.619. The molecule has 0 radical (unpaired) electrons. The fourth-order valence-electron chi connectivity index (χ4n) is 6.02. The van der Waals surface area contributed by atoms with E-state index in [1.807, 2.05) is 24.3 Å². The Kier molecular flexibility index (Phi) is 3.76. The van der Waals surface area contributed by atoms with E-state index >= 15 is 0 Å². The molecule has 144 valence electrons. The van der Waals surface area contributed by atoms with Crippen molar-refractivity contribution in [3.63, 3.8) is 0 Å². The monoisotopic (exact) mass is 368 g/mol. The van der Waals surface area contributed by atoms with Crippen molar-refractivity contribution in [2.45, 2.75) is 63.7 Å². The molecule has 4 atom stereocenters. The van der Waals surface area contributed by atoms with Gasteiger partial charge in [0.1, 0.15) is 6.54 Å². The summed E-state index contributed by atoms with van der Waals surface area (Å²) < 4.78 is 3.27. The molecule has 0 unspecified atom stereocenters. The highest BCUT2D eigenvalue weighted by Crippen LogP contribution is 2.48. The largest absolute Gasteiger partial charge is 0.336 e. The van der Waals surface area contributed by atoms with E-state index in [-0.39, 0.29) is 29.6 Å². The van der Waals surface area contributed by atoms with E-state index in [2.05, 4.69) is 17.1 Å². The first-order valence-electron chi connectivity index (χ1n) is 10.2. The van der Waals surface area contributed by atoms with Gasteiger partial charge in [-0.1, -0.05) is 31.9 Å². The van der Waals surface area contributed by atoms with Crippen LogP contribution < -0.4 is 11.0 Å². The molecule has 3 fully saturated rings. The minimum absolute atomic E-state index is 0.0822. The molecule has 2 bridgehead atoms. The molecule has 27 heavy (non-hydrogen) atoms. The van der Waals surface area contributed by atoms with Crippen molar-refractivity contribution in [2.24, 2.45) is 12.5 Å². The number of nitrogens with one attached hydrogen (secondary N) is 1. The van der Waals surface area contributed by atoms with Crippen LogP contribution in [-0.4, -0.2) is 44.6 Å². The molecule has 0 spiro atoms. The van der Waals surface area contributed by atoms with Crippen LogP contribution in [0.1, 0.15) is 39.0 Å². The number of nitrogens with zero attached hydrogens (tertiary/aromatic N) is 3. The average Bonchev–Trinajstić information content (AvgIpc) is 2.99. The van der Waals surface area contributed by atoms with Gasteiger partial charge in [0.25, 0.3) is 0 Å². The van der Waals surface area contributed by atoms with Gasteiger partial charge in [0.2, 0.25) is 5.91 Å². The molecule has 1 amide bonds. The van der Waals surface area contributed by atoms with E-state index < -0.39 is 0 Å². The van der Waals surface area contributed by atoms with Gasteiger partial charge >= 0.3 is 5.69 Å². The van der Waals surface area contributed by atoms with E-state index in [1.54, 1.807) is 16.2 Å². The predicted octanol–water partition coefficient (Wildman–Crippen LogP) is 1.86. The van der Waals surface area contributed by atoms with Crippen molar-refractivity contribution >= 4 is 16.9 Å². The smallest absolute Gasteiger partial charge is 0.329 e. The molecule has 3 heterocycles. The van der Waals surface area contributed by atoms with E-state index in [4.69, 9.17) is 0 Å². The number of hydrogen-bond donors (Lipinski definition) is 1. The number of carbonyl (C=O) groups is 1. The topological polar surface area (TPSA) is 59.3 Å². The van der Waals surface area contributed by atoms with Crippen LogP contribution in [0.25, 0.3) is 11.0 Å². The standard InChI is InChI=1S/C21H28N4O2/c1-21-11-14-12-25(18(21)10-6-5-9-17(21)22-14)19(26)13-24-16-8-4-3-7-15(16)23(2)20(24)27/h3-4,7-8,14,17-18,22H,5-6,9-13H2,1-2H3/t14-,17-,18+,21-/m0/s1. The van der Waals surface area contributed by atoms with Crippen LogP contribution in [-0.2, 0) is 18.4 Å². The predicted molar refractivity (Wildman–Crippen MR) is 105 cm³/mol. The van der Waals surface area contributed by atoms with Crippen LogP contribution in [0.4, 0.5) is 0 Å². The molecule has 2 aliphatic heterocycles. The van der Waals surface area contributed by atoms with Gasteiger partial charge in [0.15, 0.2) is 0 Å². The van der Waals surface area contributed by atoms with Crippen LogP contribution in [0.15, 0.2) is 29.1 Å². The normalized spacial score (nSPS) is 32.7. The molecular formula is C21H28N4O2. The van der Waals surface area contributed by atoms with Gasteiger partial charge in [-0.2, -0.15) is 0 Å². The summed E-state index contributed by atoms with van der Waals surface area (Å²) in [6.07, 6.45) is 5.88. The molecule has 3 aliphatic rings. The second-order valence-electron chi connectivity index (χ2n) is 8.89. The number of hydrogen-bond acceptors (Lipinski definition) is 3. The molecule has 5 rings (SSSR count). The number of aromatic nitrogens is 2. The summed E-state index contributed by atoms with van der Waals surface area (Å²) in [4.78, 5) is 28.2. The van der Waals surface area contributed by atoms with Crippen LogP contribution in [0.5, 0.6) is 0 Å². The number of carbonyl (C=O) groups excluding carboxylic acids is 1. The summed E-state index contributed by atoms with van der Waals surface area (Å²) in [6.45, 7) is 3.27. The molecule has 6 nitrogen and oxygen atoms in total. The Balaban J connectivity index is 1.49. The van der Waals surface area contributed by atoms with Crippen molar-refractivity contribution < 1.29 is 4.79 Å². The Morgan fingerprint density at radius 1 is 1.22 bits per heavy atom. The van der Waals surface area contributed by atoms with Gasteiger partial charge in [0.05, 0.1) is 11.0 Å². The van der Waals surface area contributed by atoms with Crippen LogP contribution in [0, 0.1) is 5.41 Å². The quantitative estimate of drug-likeness (QED) is 0.880. The fourth-order valence-corrected chi connectivity index (χ4v) is 6.02. The Labute approximate surface area is 159 Å². The zero-order chi connectivity index (χ0) is 18.8. The summed E-state index contributed by atoms with van der Waals surface area (Å²) in [7, 11) is 1.77. The van der Waals surface area contributed by atoms with Gasteiger partial charge in [0, 0.05) is 37.1 Å². The third-order valence-electron chi connectivity index (χ3n) is 7.36. The van der Waals surface area contributed by atoms with Gasteiger partial charge in [-0.3, -0.25) is 13.9 Å². The second-order valence-corrected chi connectivity index (χ2v) is 8.89. The molecule has 6 heteroatoms. The van der Waals surface area contributed by atoms with E-state index in [0.717, 1.165) is 24.0 Å². The van der Waals surface area contributed by atoms with Crippen molar-refractivity contribution in [1.82, 2.24) is 19.4 Å². The first kappa shape index (κ1) is 17.0. The van der Waals surface area contributed by atoms with Crippen LogP contribution in [0.2, 0.25) is 0 Å². The number of likely N-dealkylation sites (tertiary alicyclic amines) is 1. The average molecular weight is 368 g/mol. The lowest BCUT2D eigenvalue weighted by molar-refractivity contribution is -0.139. The first-order valence-corrected chi connectivity index (χ1v) is 10.2. The minimum Gasteiger partial charge on any atom is -0.336 e. The Bertz CT molecular complexity index is 961.